The van der Waals surface area contributed by atoms with E-state index in [9.17, 15) is 23.1 Å². The zero-order chi connectivity index (χ0) is 20.0. The summed E-state index contributed by atoms with van der Waals surface area (Å²) < 4.78 is 27.0. The maximum Gasteiger partial charge on any atom is 0.326 e. The second-order valence-corrected chi connectivity index (χ2v) is 8.17. The molecule has 1 amide bonds. The van der Waals surface area contributed by atoms with Crippen molar-refractivity contribution in [1.29, 1.82) is 0 Å². The molecular formula is C19H22N2O5S. The normalized spacial score (nSPS) is 12.4. The Bertz CT molecular complexity index is 893. The summed E-state index contributed by atoms with van der Waals surface area (Å²) in [6, 6.07) is 12.7. The fourth-order valence-electron chi connectivity index (χ4n) is 2.44. The van der Waals surface area contributed by atoms with E-state index in [1.165, 1.54) is 36.4 Å². The first-order chi connectivity index (χ1) is 12.7. The van der Waals surface area contributed by atoms with Crippen LogP contribution in [-0.4, -0.2) is 31.4 Å². The number of carbonyl (C=O) groups is 2. The van der Waals surface area contributed by atoms with Crippen molar-refractivity contribution >= 4 is 27.6 Å². The molecule has 0 aliphatic carbocycles. The van der Waals surface area contributed by atoms with Gasteiger partial charge in [-0.2, -0.15) is 0 Å². The Morgan fingerprint density at radius 3 is 2.11 bits per heavy atom. The van der Waals surface area contributed by atoms with Gasteiger partial charge in [0.05, 0.1) is 4.90 Å². The number of hydrogen-bond donors (Lipinski definition) is 3. The van der Waals surface area contributed by atoms with E-state index in [2.05, 4.69) is 10.0 Å². The van der Waals surface area contributed by atoms with E-state index < -0.39 is 27.9 Å². The van der Waals surface area contributed by atoms with Crippen LogP contribution in [-0.2, 0) is 14.8 Å². The van der Waals surface area contributed by atoms with Gasteiger partial charge in [-0.05, 0) is 48.7 Å². The second kappa shape index (κ2) is 8.68. The predicted octanol–water partition coefficient (Wildman–Crippen LogP) is 2.72. The first-order valence-electron chi connectivity index (χ1n) is 8.40. The van der Waals surface area contributed by atoms with Gasteiger partial charge in [-0.3, -0.25) is 9.52 Å². The highest BCUT2D eigenvalue weighted by Crippen LogP contribution is 2.16. The van der Waals surface area contributed by atoms with Crippen LogP contribution in [0, 0.1) is 5.92 Å². The Kier molecular flexibility index (Phi) is 6.57. The van der Waals surface area contributed by atoms with Crippen molar-refractivity contribution in [2.24, 2.45) is 5.92 Å². The van der Waals surface area contributed by atoms with Gasteiger partial charge in [-0.1, -0.05) is 32.0 Å². The standard InChI is InChI=1S/C19H22N2O5S/c1-13(2)12-17(19(23)24)20-18(22)14-8-10-15(11-9-14)21-27(25,26)16-6-4-3-5-7-16/h3-11,13,17,21H,12H2,1-2H3,(H,20,22)(H,23,24). The maximum atomic E-state index is 12.3. The number of benzene rings is 2. The third kappa shape index (κ3) is 5.82. The number of carbonyl (C=O) groups excluding carboxylic acids is 1. The van der Waals surface area contributed by atoms with Crippen molar-refractivity contribution in [2.75, 3.05) is 4.72 Å². The summed E-state index contributed by atoms with van der Waals surface area (Å²) in [6.45, 7) is 3.74. The molecule has 0 bridgehead atoms. The van der Waals surface area contributed by atoms with Crippen LogP contribution < -0.4 is 10.0 Å². The summed E-state index contributed by atoms with van der Waals surface area (Å²) in [7, 11) is -3.72. The van der Waals surface area contributed by atoms with Crippen LogP contribution in [0.1, 0.15) is 30.6 Å². The molecular weight excluding hydrogens is 368 g/mol. The zero-order valence-corrected chi connectivity index (χ0v) is 15.9. The van der Waals surface area contributed by atoms with Gasteiger partial charge in [0.15, 0.2) is 0 Å². The van der Waals surface area contributed by atoms with Crippen LogP contribution in [0.4, 0.5) is 5.69 Å². The number of rotatable bonds is 8. The number of aliphatic carboxylic acids is 1. The van der Waals surface area contributed by atoms with E-state index in [1.54, 1.807) is 18.2 Å². The van der Waals surface area contributed by atoms with Gasteiger partial charge in [-0.25, -0.2) is 13.2 Å². The van der Waals surface area contributed by atoms with Crippen molar-refractivity contribution < 1.29 is 23.1 Å². The molecule has 0 saturated carbocycles. The highest BCUT2D eigenvalue weighted by atomic mass is 32.2. The van der Waals surface area contributed by atoms with Gasteiger partial charge >= 0.3 is 5.97 Å². The average Bonchev–Trinajstić information content (AvgIpc) is 2.61. The lowest BCUT2D eigenvalue weighted by molar-refractivity contribution is -0.139. The SMILES string of the molecule is CC(C)CC(NC(=O)c1ccc(NS(=O)(=O)c2ccccc2)cc1)C(=O)O. The third-order valence-electron chi connectivity index (χ3n) is 3.76. The van der Waals surface area contributed by atoms with Crippen LogP contribution in [0.3, 0.4) is 0 Å². The number of anilines is 1. The van der Waals surface area contributed by atoms with E-state index in [0.717, 1.165) is 0 Å². The van der Waals surface area contributed by atoms with E-state index in [1.807, 2.05) is 13.8 Å². The Hall–Kier alpha value is -2.87. The molecule has 2 rings (SSSR count). The first-order valence-corrected chi connectivity index (χ1v) is 9.89. The molecule has 0 spiro atoms. The van der Waals surface area contributed by atoms with Crippen molar-refractivity contribution in [3.63, 3.8) is 0 Å². The molecule has 1 atom stereocenters. The Morgan fingerprint density at radius 1 is 1.00 bits per heavy atom. The van der Waals surface area contributed by atoms with Crippen LogP contribution in [0.2, 0.25) is 0 Å². The molecule has 7 nitrogen and oxygen atoms in total. The summed E-state index contributed by atoms with van der Waals surface area (Å²) >= 11 is 0. The quantitative estimate of drug-likeness (QED) is 0.641. The molecule has 0 heterocycles. The first kappa shape index (κ1) is 20.4. The fourth-order valence-corrected chi connectivity index (χ4v) is 3.52. The van der Waals surface area contributed by atoms with Crippen LogP contribution in [0.5, 0.6) is 0 Å². The highest BCUT2D eigenvalue weighted by molar-refractivity contribution is 7.92. The Balaban J connectivity index is 2.08. The topological polar surface area (TPSA) is 113 Å². The molecule has 0 radical (unpaired) electrons. The van der Waals surface area contributed by atoms with E-state index >= 15 is 0 Å². The molecule has 3 N–H and O–H groups in total. The smallest absolute Gasteiger partial charge is 0.326 e. The minimum atomic E-state index is -3.72. The molecule has 0 aliphatic heterocycles. The largest absolute Gasteiger partial charge is 0.480 e. The van der Waals surface area contributed by atoms with Crippen molar-refractivity contribution in [2.45, 2.75) is 31.2 Å². The molecule has 0 aliphatic rings. The second-order valence-electron chi connectivity index (χ2n) is 6.49. The summed E-state index contributed by atoms with van der Waals surface area (Å²) in [4.78, 5) is 23.6. The zero-order valence-electron chi connectivity index (χ0n) is 15.0. The maximum absolute atomic E-state index is 12.3. The number of carboxylic acids is 1. The molecule has 27 heavy (non-hydrogen) atoms. The molecule has 2 aromatic carbocycles. The van der Waals surface area contributed by atoms with Crippen molar-refractivity contribution in [1.82, 2.24) is 5.32 Å². The summed E-state index contributed by atoms with van der Waals surface area (Å²) in [5.41, 5.74) is 0.542. The number of carboxylic acid groups (broad SMARTS) is 1. The van der Waals surface area contributed by atoms with Gasteiger partial charge in [0.1, 0.15) is 6.04 Å². The summed E-state index contributed by atoms with van der Waals surface area (Å²) in [6.07, 6.45) is 0.316. The van der Waals surface area contributed by atoms with Gasteiger partial charge in [0, 0.05) is 11.3 Å². The van der Waals surface area contributed by atoms with E-state index in [-0.39, 0.29) is 16.4 Å². The number of sulfonamides is 1. The average molecular weight is 390 g/mol. The fraction of sp³-hybridized carbons (Fsp3) is 0.263. The lowest BCUT2D eigenvalue weighted by atomic mass is 10.0. The molecule has 0 fully saturated rings. The van der Waals surface area contributed by atoms with Gasteiger partial charge in [0.2, 0.25) is 0 Å². The minimum Gasteiger partial charge on any atom is -0.480 e. The van der Waals surface area contributed by atoms with Crippen LogP contribution in [0.15, 0.2) is 59.5 Å². The number of amides is 1. The molecule has 144 valence electrons. The lowest BCUT2D eigenvalue weighted by Gasteiger charge is -2.16. The Labute approximate surface area is 158 Å². The van der Waals surface area contributed by atoms with Crippen molar-refractivity contribution in [3.8, 4) is 0 Å². The molecule has 0 saturated heterocycles. The summed E-state index contributed by atoms with van der Waals surface area (Å²) in [5, 5.41) is 11.7. The lowest BCUT2D eigenvalue weighted by Crippen LogP contribution is -2.41. The molecule has 8 heteroatoms. The molecule has 2 aromatic rings. The Morgan fingerprint density at radius 2 is 1.59 bits per heavy atom. The monoisotopic (exact) mass is 390 g/mol. The van der Waals surface area contributed by atoms with Crippen molar-refractivity contribution in [3.05, 3.63) is 60.2 Å². The van der Waals surface area contributed by atoms with E-state index in [4.69, 9.17) is 0 Å². The van der Waals surface area contributed by atoms with E-state index in [0.29, 0.717) is 12.1 Å². The highest BCUT2D eigenvalue weighted by Gasteiger charge is 2.22. The van der Waals surface area contributed by atoms with Gasteiger partial charge < -0.3 is 10.4 Å². The summed E-state index contributed by atoms with van der Waals surface area (Å²) in [5.74, 6) is -1.51. The molecule has 1 unspecified atom stereocenters. The van der Waals surface area contributed by atoms with Crippen LogP contribution in [0.25, 0.3) is 0 Å². The third-order valence-corrected chi connectivity index (χ3v) is 5.16. The van der Waals surface area contributed by atoms with Gasteiger partial charge in [0.25, 0.3) is 15.9 Å². The number of hydrogen-bond acceptors (Lipinski definition) is 4. The minimum absolute atomic E-state index is 0.112. The van der Waals surface area contributed by atoms with Gasteiger partial charge in [-0.15, -0.1) is 0 Å². The number of nitrogens with one attached hydrogen (secondary N) is 2. The van der Waals surface area contributed by atoms with Crippen LogP contribution >= 0.6 is 0 Å². The predicted molar refractivity (Wildman–Crippen MR) is 102 cm³/mol. The molecule has 0 aromatic heterocycles.